The number of rotatable bonds is 46. The van der Waals surface area contributed by atoms with Crippen molar-refractivity contribution in [2.24, 2.45) is 0 Å². The molecule has 0 rings (SSSR count). The van der Waals surface area contributed by atoms with Gasteiger partial charge < -0.3 is 14.2 Å². The van der Waals surface area contributed by atoms with Crippen LogP contribution in [-0.4, -0.2) is 37.2 Å². The van der Waals surface area contributed by atoms with E-state index >= 15 is 0 Å². The fourth-order valence-corrected chi connectivity index (χ4v) is 7.03. The summed E-state index contributed by atoms with van der Waals surface area (Å²) in [6, 6.07) is 0. The van der Waals surface area contributed by atoms with Gasteiger partial charge in [-0.25, -0.2) is 0 Å². The molecular weight excluding hydrogens is 757 g/mol. The zero-order valence-corrected chi connectivity index (χ0v) is 40.2. The minimum atomic E-state index is -0.799. The van der Waals surface area contributed by atoms with Crippen molar-refractivity contribution in [1.82, 2.24) is 0 Å². The van der Waals surface area contributed by atoms with Gasteiger partial charge in [0.1, 0.15) is 13.2 Å². The molecule has 0 saturated heterocycles. The fraction of sp³-hybridized carbons (Fsp3) is 0.764. The van der Waals surface area contributed by atoms with E-state index in [9.17, 15) is 14.4 Å². The third-order valence-electron chi connectivity index (χ3n) is 11.0. The maximum Gasteiger partial charge on any atom is 0.306 e. The number of unbranched alkanes of at least 4 members (excludes halogenated alkanes) is 25. The van der Waals surface area contributed by atoms with Crippen molar-refractivity contribution in [3.63, 3.8) is 0 Å². The van der Waals surface area contributed by atoms with Gasteiger partial charge in [-0.05, 0) is 109 Å². The number of esters is 3. The molecule has 6 heteroatoms. The predicted octanol–water partition coefficient (Wildman–Crippen LogP) is 16.9. The van der Waals surface area contributed by atoms with Gasteiger partial charge in [-0.2, -0.15) is 0 Å². The number of hydrogen-bond acceptors (Lipinski definition) is 6. The van der Waals surface area contributed by atoms with Crippen LogP contribution < -0.4 is 0 Å². The minimum Gasteiger partial charge on any atom is -0.462 e. The largest absolute Gasteiger partial charge is 0.462 e. The van der Waals surface area contributed by atoms with Crippen molar-refractivity contribution in [2.75, 3.05) is 13.2 Å². The van der Waals surface area contributed by atoms with Crippen LogP contribution in [0.15, 0.2) is 60.8 Å². The topological polar surface area (TPSA) is 78.9 Å². The van der Waals surface area contributed by atoms with Gasteiger partial charge in [0, 0.05) is 19.3 Å². The third kappa shape index (κ3) is 48.0. The van der Waals surface area contributed by atoms with Crippen LogP contribution in [0.1, 0.15) is 252 Å². The molecule has 0 aromatic rings. The molecule has 0 aromatic heterocycles. The van der Waals surface area contributed by atoms with Crippen LogP contribution in [0.3, 0.4) is 0 Å². The Hall–Kier alpha value is -2.89. The third-order valence-corrected chi connectivity index (χ3v) is 11.0. The summed E-state index contributed by atoms with van der Waals surface area (Å²) in [4.78, 5) is 37.9. The molecule has 61 heavy (non-hydrogen) atoms. The van der Waals surface area contributed by atoms with E-state index < -0.39 is 6.10 Å². The van der Waals surface area contributed by atoms with Crippen molar-refractivity contribution in [3.05, 3.63) is 60.8 Å². The molecule has 0 spiro atoms. The van der Waals surface area contributed by atoms with Gasteiger partial charge in [0.25, 0.3) is 0 Å². The summed E-state index contributed by atoms with van der Waals surface area (Å²) in [5.74, 6) is -0.949. The summed E-state index contributed by atoms with van der Waals surface area (Å²) in [5.41, 5.74) is 0. The average Bonchev–Trinajstić information content (AvgIpc) is 3.26. The Kier molecular flexibility index (Phi) is 47.4. The van der Waals surface area contributed by atoms with Crippen molar-refractivity contribution < 1.29 is 28.6 Å². The van der Waals surface area contributed by atoms with E-state index in [1.165, 1.54) is 128 Å². The smallest absolute Gasteiger partial charge is 0.306 e. The minimum absolute atomic E-state index is 0.0962. The Morgan fingerprint density at radius 3 is 1.02 bits per heavy atom. The second-order valence-electron chi connectivity index (χ2n) is 17.1. The molecule has 0 unspecified atom stereocenters. The van der Waals surface area contributed by atoms with Gasteiger partial charge in [0.15, 0.2) is 6.10 Å². The zero-order chi connectivity index (χ0) is 44.4. The lowest BCUT2D eigenvalue weighted by Crippen LogP contribution is -2.30. The lowest BCUT2D eigenvalue weighted by Gasteiger charge is -2.18. The SMILES string of the molecule is CCCCC/C=C\C/C=C\C/C=C\CCCCC(=O)O[C@@H](COC(=O)CCCCCCC/C=C\CCCCCC)COC(=O)CCCCCCC/C=C\CCCCCCCC. The van der Waals surface area contributed by atoms with E-state index in [0.29, 0.717) is 19.3 Å². The van der Waals surface area contributed by atoms with Gasteiger partial charge in [0.05, 0.1) is 0 Å². The van der Waals surface area contributed by atoms with Gasteiger partial charge in [0.2, 0.25) is 0 Å². The van der Waals surface area contributed by atoms with Crippen LogP contribution >= 0.6 is 0 Å². The Morgan fingerprint density at radius 1 is 0.328 bits per heavy atom. The molecule has 0 saturated carbocycles. The summed E-state index contributed by atoms with van der Waals surface area (Å²) < 4.78 is 16.7. The van der Waals surface area contributed by atoms with Crippen molar-refractivity contribution in [2.45, 2.75) is 258 Å². The van der Waals surface area contributed by atoms with Gasteiger partial charge in [-0.1, -0.05) is 184 Å². The van der Waals surface area contributed by atoms with Crippen molar-refractivity contribution in [1.29, 1.82) is 0 Å². The van der Waals surface area contributed by atoms with E-state index in [4.69, 9.17) is 14.2 Å². The molecule has 0 N–H and O–H groups in total. The fourth-order valence-electron chi connectivity index (χ4n) is 7.03. The molecule has 0 aliphatic heterocycles. The normalized spacial score (nSPS) is 12.5. The Bertz CT molecular complexity index is 1120. The first-order valence-electron chi connectivity index (χ1n) is 25.8. The van der Waals surface area contributed by atoms with Crippen molar-refractivity contribution >= 4 is 17.9 Å². The van der Waals surface area contributed by atoms with Gasteiger partial charge in [-0.3, -0.25) is 14.4 Å². The van der Waals surface area contributed by atoms with E-state index in [2.05, 4.69) is 81.5 Å². The highest BCUT2D eigenvalue weighted by Crippen LogP contribution is 2.13. The van der Waals surface area contributed by atoms with Crippen LogP contribution in [0, 0.1) is 0 Å². The molecule has 0 fully saturated rings. The Balaban J connectivity index is 4.46. The first-order valence-corrected chi connectivity index (χ1v) is 25.8. The molecule has 0 aromatic carbocycles. The highest BCUT2D eigenvalue weighted by molar-refractivity contribution is 5.71. The standard InChI is InChI=1S/C55H96O6/c1-4-7-10-13-16-19-22-25-27-30-33-36-39-42-45-48-54(57)60-51-52(50-59-53(56)47-44-41-38-35-32-29-24-21-18-15-12-9-6-3)61-55(58)49-46-43-40-37-34-31-28-26-23-20-17-14-11-8-5-2/h17,20-21,24-28,34,37,52H,4-16,18-19,22-23,29-33,35-36,38-51H2,1-3H3/b20-17-,24-21-,27-25-,28-26-,37-34-/t52-/m0/s1. The monoisotopic (exact) mass is 853 g/mol. The molecule has 6 nitrogen and oxygen atoms in total. The van der Waals surface area contributed by atoms with Crippen molar-refractivity contribution in [3.8, 4) is 0 Å². The molecule has 0 heterocycles. The average molecular weight is 853 g/mol. The first-order chi connectivity index (χ1) is 30.0. The molecule has 0 radical (unpaired) electrons. The van der Waals surface area contributed by atoms with Gasteiger partial charge >= 0.3 is 17.9 Å². The molecule has 352 valence electrons. The summed E-state index contributed by atoms with van der Waals surface area (Å²) in [5, 5.41) is 0. The van der Waals surface area contributed by atoms with Gasteiger partial charge in [-0.15, -0.1) is 0 Å². The highest BCUT2D eigenvalue weighted by Gasteiger charge is 2.19. The molecule has 1 atom stereocenters. The predicted molar refractivity (Wildman–Crippen MR) is 261 cm³/mol. The molecule has 0 aliphatic rings. The summed E-state index contributed by atoms with van der Waals surface area (Å²) in [7, 11) is 0. The number of carbonyl (C=O) groups is 3. The maximum absolute atomic E-state index is 12.8. The lowest BCUT2D eigenvalue weighted by atomic mass is 10.1. The summed E-state index contributed by atoms with van der Waals surface area (Å²) in [6.45, 7) is 6.54. The maximum atomic E-state index is 12.8. The number of ether oxygens (including phenoxy) is 3. The van der Waals surface area contributed by atoms with Crippen LogP contribution in [0.2, 0.25) is 0 Å². The van der Waals surface area contributed by atoms with Crippen LogP contribution in [0.25, 0.3) is 0 Å². The zero-order valence-electron chi connectivity index (χ0n) is 40.2. The van der Waals surface area contributed by atoms with E-state index in [-0.39, 0.29) is 37.5 Å². The van der Waals surface area contributed by atoms with E-state index in [1.807, 2.05) is 0 Å². The van der Waals surface area contributed by atoms with E-state index in [1.54, 1.807) is 0 Å². The van der Waals surface area contributed by atoms with E-state index in [0.717, 1.165) is 77.0 Å². The first kappa shape index (κ1) is 58.1. The Labute approximate surface area is 377 Å². The Morgan fingerprint density at radius 2 is 0.590 bits per heavy atom. The molecule has 0 bridgehead atoms. The molecule has 0 aliphatic carbocycles. The lowest BCUT2D eigenvalue weighted by molar-refractivity contribution is -0.167. The van der Waals surface area contributed by atoms with Crippen LogP contribution in [0.4, 0.5) is 0 Å². The van der Waals surface area contributed by atoms with Crippen LogP contribution in [-0.2, 0) is 28.6 Å². The summed E-state index contributed by atoms with van der Waals surface area (Å²) >= 11 is 0. The second kappa shape index (κ2) is 49.8. The highest BCUT2D eigenvalue weighted by atomic mass is 16.6. The molecular formula is C55H96O6. The quantitative estimate of drug-likeness (QED) is 0.0263. The summed E-state index contributed by atoms with van der Waals surface area (Å²) in [6.07, 6.45) is 60.6. The second-order valence-corrected chi connectivity index (χ2v) is 17.1. The number of hydrogen-bond donors (Lipinski definition) is 0. The number of carbonyl (C=O) groups excluding carboxylic acids is 3. The van der Waals surface area contributed by atoms with Crippen LogP contribution in [0.5, 0.6) is 0 Å². The number of allylic oxidation sites excluding steroid dienone is 10. The molecule has 0 amide bonds.